The van der Waals surface area contributed by atoms with Crippen LogP contribution in [0.15, 0.2) is 36.7 Å². The highest BCUT2D eigenvalue weighted by molar-refractivity contribution is 6.30. The van der Waals surface area contributed by atoms with Gasteiger partial charge < -0.3 is 14.7 Å². The number of aromatic nitrogens is 2. The molecule has 1 aliphatic heterocycles. The Bertz CT molecular complexity index is 800. The number of carboxylic acid groups (broad SMARTS) is 1. The van der Waals surface area contributed by atoms with E-state index >= 15 is 0 Å². The number of hydrogen-bond acceptors (Lipinski definition) is 5. The third-order valence-corrected chi connectivity index (χ3v) is 4.63. The summed E-state index contributed by atoms with van der Waals surface area (Å²) in [4.78, 5) is 34.1. The summed E-state index contributed by atoms with van der Waals surface area (Å²) < 4.78 is 5.78. The molecule has 2 heterocycles. The number of hydrogen-bond donors (Lipinski definition) is 1. The molecule has 0 bridgehead atoms. The van der Waals surface area contributed by atoms with Crippen LogP contribution in [-0.2, 0) is 4.79 Å². The maximum absolute atomic E-state index is 12.5. The first-order chi connectivity index (χ1) is 12.4. The molecule has 0 radical (unpaired) electrons. The molecule has 8 heteroatoms. The van der Waals surface area contributed by atoms with Crippen molar-refractivity contribution in [2.45, 2.75) is 25.4 Å². The monoisotopic (exact) mass is 375 g/mol. The van der Waals surface area contributed by atoms with Gasteiger partial charge in [-0.15, -0.1) is 0 Å². The fourth-order valence-corrected chi connectivity index (χ4v) is 2.95. The number of amides is 1. The van der Waals surface area contributed by atoms with Gasteiger partial charge in [0, 0.05) is 37.2 Å². The van der Waals surface area contributed by atoms with E-state index in [4.69, 9.17) is 16.3 Å². The zero-order valence-electron chi connectivity index (χ0n) is 14.2. The second-order valence-corrected chi connectivity index (χ2v) is 6.63. The molecule has 1 aromatic carbocycles. The molecule has 0 aliphatic carbocycles. The van der Waals surface area contributed by atoms with Crippen molar-refractivity contribution in [1.29, 1.82) is 0 Å². The molecule has 1 fully saturated rings. The second-order valence-electron chi connectivity index (χ2n) is 6.19. The molecule has 1 saturated heterocycles. The number of benzene rings is 1. The van der Waals surface area contributed by atoms with E-state index in [0.717, 1.165) is 5.69 Å². The van der Waals surface area contributed by atoms with Gasteiger partial charge in [-0.25, -0.2) is 9.78 Å². The first-order valence-corrected chi connectivity index (χ1v) is 8.53. The van der Waals surface area contributed by atoms with Gasteiger partial charge in [-0.1, -0.05) is 11.6 Å². The summed E-state index contributed by atoms with van der Waals surface area (Å²) in [6.07, 6.45) is 3.31. The van der Waals surface area contributed by atoms with Crippen LogP contribution in [0.4, 0.5) is 0 Å². The van der Waals surface area contributed by atoms with Crippen molar-refractivity contribution in [3.63, 3.8) is 0 Å². The molecular formula is C18H18ClN3O4. The van der Waals surface area contributed by atoms with E-state index in [2.05, 4.69) is 9.97 Å². The molecule has 0 spiro atoms. The average Bonchev–Trinajstić information content (AvgIpc) is 2.64. The molecule has 0 unspecified atom stereocenters. The SMILES string of the molecule is Cc1cnc(C(=O)N2CCC(Oc3ccc(Cl)cc3)(C(=O)O)CC2)cn1. The topological polar surface area (TPSA) is 92.6 Å². The Balaban J connectivity index is 1.71. The summed E-state index contributed by atoms with van der Waals surface area (Å²) in [6.45, 7) is 2.31. The van der Waals surface area contributed by atoms with Crippen LogP contribution in [0.3, 0.4) is 0 Å². The van der Waals surface area contributed by atoms with Crippen molar-refractivity contribution < 1.29 is 19.4 Å². The van der Waals surface area contributed by atoms with Gasteiger partial charge in [0.05, 0.1) is 11.9 Å². The highest BCUT2D eigenvalue weighted by atomic mass is 35.5. The van der Waals surface area contributed by atoms with Crippen LogP contribution in [0.1, 0.15) is 29.0 Å². The smallest absolute Gasteiger partial charge is 0.348 e. The molecule has 1 amide bonds. The Morgan fingerprint density at radius 2 is 1.81 bits per heavy atom. The highest BCUT2D eigenvalue weighted by Gasteiger charge is 2.45. The Morgan fingerprint density at radius 1 is 1.15 bits per heavy atom. The van der Waals surface area contributed by atoms with Crippen LogP contribution < -0.4 is 4.74 Å². The Labute approximate surface area is 155 Å². The van der Waals surface area contributed by atoms with Gasteiger partial charge >= 0.3 is 5.97 Å². The number of likely N-dealkylation sites (tertiary alicyclic amines) is 1. The molecule has 0 saturated carbocycles. The van der Waals surface area contributed by atoms with Crippen molar-refractivity contribution >= 4 is 23.5 Å². The average molecular weight is 376 g/mol. The normalized spacial score (nSPS) is 16.2. The Kier molecular flexibility index (Phi) is 5.08. The molecule has 1 N–H and O–H groups in total. The van der Waals surface area contributed by atoms with E-state index in [-0.39, 0.29) is 37.5 Å². The quantitative estimate of drug-likeness (QED) is 0.882. The molecule has 1 aromatic heterocycles. The molecule has 0 atom stereocenters. The van der Waals surface area contributed by atoms with Gasteiger partial charge in [0.2, 0.25) is 5.60 Å². The lowest BCUT2D eigenvalue weighted by molar-refractivity contribution is -0.159. The van der Waals surface area contributed by atoms with E-state index < -0.39 is 11.6 Å². The summed E-state index contributed by atoms with van der Waals surface area (Å²) in [6, 6.07) is 6.54. The van der Waals surface area contributed by atoms with Gasteiger partial charge in [-0.2, -0.15) is 0 Å². The van der Waals surface area contributed by atoms with Crippen molar-refractivity contribution in [3.8, 4) is 5.75 Å². The lowest BCUT2D eigenvalue weighted by atomic mass is 9.91. The fraction of sp³-hybridized carbons (Fsp3) is 0.333. The van der Waals surface area contributed by atoms with Gasteiger partial charge in [-0.05, 0) is 31.2 Å². The van der Waals surface area contributed by atoms with Crippen LogP contribution >= 0.6 is 11.6 Å². The lowest BCUT2D eigenvalue weighted by Crippen LogP contribution is -2.54. The van der Waals surface area contributed by atoms with E-state index in [1.807, 2.05) is 0 Å². The molecule has 1 aliphatic rings. The van der Waals surface area contributed by atoms with Gasteiger partial charge in [0.1, 0.15) is 11.4 Å². The summed E-state index contributed by atoms with van der Waals surface area (Å²) in [5.74, 6) is -0.876. The van der Waals surface area contributed by atoms with Gasteiger partial charge in [-0.3, -0.25) is 9.78 Å². The van der Waals surface area contributed by atoms with E-state index in [0.29, 0.717) is 10.8 Å². The number of carbonyl (C=O) groups excluding carboxylic acids is 1. The fourth-order valence-electron chi connectivity index (χ4n) is 2.82. The molecular weight excluding hydrogens is 358 g/mol. The third kappa shape index (κ3) is 3.77. The van der Waals surface area contributed by atoms with Crippen molar-refractivity contribution in [1.82, 2.24) is 14.9 Å². The van der Waals surface area contributed by atoms with Crippen molar-refractivity contribution in [2.75, 3.05) is 13.1 Å². The van der Waals surface area contributed by atoms with E-state index in [1.54, 1.807) is 36.1 Å². The van der Waals surface area contributed by atoms with Gasteiger partial charge in [0.15, 0.2) is 0 Å². The summed E-state index contributed by atoms with van der Waals surface area (Å²) >= 11 is 5.85. The van der Waals surface area contributed by atoms with Gasteiger partial charge in [0.25, 0.3) is 5.91 Å². The number of ether oxygens (including phenoxy) is 1. The Morgan fingerprint density at radius 3 is 2.35 bits per heavy atom. The molecule has 3 rings (SSSR count). The number of aryl methyl sites for hydroxylation is 1. The number of carboxylic acids is 1. The zero-order chi connectivity index (χ0) is 18.7. The lowest BCUT2D eigenvalue weighted by Gasteiger charge is -2.38. The first-order valence-electron chi connectivity index (χ1n) is 8.15. The zero-order valence-corrected chi connectivity index (χ0v) is 14.9. The van der Waals surface area contributed by atoms with E-state index in [1.165, 1.54) is 12.4 Å². The van der Waals surface area contributed by atoms with Crippen LogP contribution in [0, 0.1) is 6.92 Å². The largest absolute Gasteiger partial charge is 0.478 e. The maximum atomic E-state index is 12.5. The summed E-state index contributed by atoms with van der Waals surface area (Å²) in [5, 5.41) is 10.2. The number of rotatable bonds is 4. The van der Waals surface area contributed by atoms with E-state index in [9.17, 15) is 14.7 Å². The summed E-state index contributed by atoms with van der Waals surface area (Å²) in [7, 11) is 0. The van der Waals surface area contributed by atoms with Crippen LogP contribution in [-0.4, -0.2) is 50.5 Å². The van der Waals surface area contributed by atoms with Crippen LogP contribution in [0.5, 0.6) is 5.75 Å². The molecule has 2 aromatic rings. The minimum Gasteiger partial charge on any atom is -0.478 e. The minimum atomic E-state index is -1.37. The molecule has 7 nitrogen and oxygen atoms in total. The maximum Gasteiger partial charge on any atom is 0.348 e. The number of nitrogens with zero attached hydrogens (tertiary/aromatic N) is 3. The first kappa shape index (κ1) is 18.1. The predicted octanol–water partition coefficient (Wildman–Crippen LogP) is 2.58. The van der Waals surface area contributed by atoms with Crippen LogP contribution in [0.2, 0.25) is 5.02 Å². The number of piperidine rings is 1. The predicted molar refractivity (Wildman–Crippen MR) is 94.4 cm³/mol. The van der Waals surface area contributed by atoms with Crippen molar-refractivity contribution in [2.24, 2.45) is 0 Å². The number of aliphatic carboxylic acids is 1. The number of carbonyl (C=O) groups is 2. The molecule has 136 valence electrons. The number of halogens is 1. The van der Waals surface area contributed by atoms with Crippen molar-refractivity contribution in [3.05, 3.63) is 53.1 Å². The molecule has 26 heavy (non-hydrogen) atoms. The van der Waals surface area contributed by atoms with Crippen LogP contribution in [0.25, 0.3) is 0 Å². The summed E-state index contributed by atoms with van der Waals surface area (Å²) in [5.41, 5.74) is -0.401. The highest BCUT2D eigenvalue weighted by Crippen LogP contribution is 2.30. The Hall–Kier alpha value is -2.67. The minimum absolute atomic E-state index is 0.177. The third-order valence-electron chi connectivity index (χ3n) is 4.38. The second kappa shape index (κ2) is 7.29. The standard InChI is InChI=1S/C18H18ClN3O4/c1-12-10-21-15(11-20-12)16(23)22-8-6-18(7-9-22,17(24)25)26-14-4-2-13(19)3-5-14/h2-5,10-11H,6-9H2,1H3,(H,24,25).